The Kier molecular flexibility index (Phi) is 4.43. The van der Waals surface area contributed by atoms with Gasteiger partial charge in [-0.3, -0.25) is 20.4 Å². The first-order valence-electron chi connectivity index (χ1n) is 6.00. The lowest BCUT2D eigenvalue weighted by atomic mass is 10.3. The summed E-state index contributed by atoms with van der Waals surface area (Å²) in [6, 6.07) is -0.492. The Balaban J connectivity index is 2.05. The van der Waals surface area contributed by atoms with Crippen molar-refractivity contribution in [2.75, 3.05) is 24.7 Å². The Labute approximate surface area is 125 Å². The molecule has 0 aliphatic rings. The van der Waals surface area contributed by atoms with Gasteiger partial charge in [0.1, 0.15) is 4.88 Å². The maximum absolute atomic E-state index is 11.9. The van der Waals surface area contributed by atoms with Gasteiger partial charge in [0.25, 0.3) is 5.91 Å². The van der Waals surface area contributed by atoms with Crippen LogP contribution in [0.2, 0.25) is 0 Å². The van der Waals surface area contributed by atoms with E-state index in [0.29, 0.717) is 21.5 Å². The molecule has 0 aliphatic heterocycles. The SMILES string of the molecule is Cc1nc(NC(=O)Nc2cnccn2)sc1C(=O)N(C)C. The van der Waals surface area contributed by atoms with Crippen LogP contribution in [0.5, 0.6) is 0 Å². The fourth-order valence-corrected chi connectivity index (χ4v) is 2.44. The molecular weight excluding hydrogens is 292 g/mol. The van der Waals surface area contributed by atoms with E-state index < -0.39 is 6.03 Å². The standard InChI is InChI=1S/C12H14N6O2S/c1-7-9(10(19)18(2)3)21-12(15-7)17-11(20)16-8-6-13-4-5-14-8/h4-6H,1-3H3,(H2,14,15,16,17,20). The Hall–Kier alpha value is -2.55. The van der Waals surface area contributed by atoms with Gasteiger partial charge in [-0.2, -0.15) is 0 Å². The van der Waals surface area contributed by atoms with Crippen LogP contribution in [0.15, 0.2) is 18.6 Å². The molecule has 0 fully saturated rings. The third kappa shape index (κ3) is 3.72. The molecule has 3 amide bonds. The average molecular weight is 306 g/mol. The number of aromatic nitrogens is 3. The van der Waals surface area contributed by atoms with Gasteiger partial charge in [-0.15, -0.1) is 0 Å². The van der Waals surface area contributed by atoms with Crippen LogP contribution < -0.4 is 10.6 Å². The van der Waals surface area contributed by atoms with Crippen molar-refractivity contribution in [3.63, 3.8) is 0 Å². The Morgan fingerprint density at radius 3 is 2.62 bits per heavy atom. The predicted molar refractivity (Wildman–Crippen MR) is 79.5 cm³/mol. The zero-order valence-electron chi connectivity index (χ0n) is 11.7. The van der Waals surface area contributed by atoms with Crippen molar-refractivity contribution in [1.29, 1.82) is 0 Å². The summed E-state index contributed by atoms with van der Waals surface area (Å²) in [7, 11) is 3.32. The quantitative estimate of drug-likeness (QED) is 0.897. The van der Waals surface area contributed by atoms with Crippen molar-refractivity contribution in [2.45, 2.75) is 6.92 Å². The maximum Gasteiger partial charge on any atom is 0.326 e. The minimum absolute atomic E-state index is 0.146. The molecule has 2 heterocycles. The third-order valence-corrected chi connectivity index (χ3v) is 3.48. The number of hydrogen-bond donors (Lipinski definition) is 2. The molecule has 0 aromatic carbocycles. The summed E-state index contributed by atoms with van der Waals surface area (Å²) in [4.78, 5) is 37.6. The van der Waals surface area contributed by atoms with Crippen LogP contribution in [0.25, 0.3) is 0 Å². The highest BCUT2D eigenvalue weighted by Gasteiger charge is 2.17. The molecule has 21 heavy (non-hydrogen) atoms. The van der Waals surface area contributed by atoms with Crippen LogP contribution in [0.3, 0.4) is 0 Å². The van der Waals surface area contributed by atoms with E-state index in [1.54, 1.807) is 21.0 Å². The molecule has 2 N–H and O–H groups in total. The Morgan fingerprint density at radius 1 is 1.24 bits per heavy atom. The number of amides is 3. The molecular formula is C12H14N6O2S. The predicted octanol–water partition coefficient (Wildman–Crippen LogP) is 1.59. The summed E-state index contributed by atoms with van der Waals surface area (Å²) >= 11 is 1.12. The minimum Gasteiger partial charge on any atom is -0.344 e. The normalized spacial score (nSPS) is 10.0. The van der Waals surface area contributed by atoms with Crippen molar-refractivity contribution < 1.29 is 9.59 Å². The number of thiazole rings is 1. The number of anilines is 2. The third-order valence-electron chi connectivity index (χ3n) is 2.42. The van der Waals surface area contributed by atoms with Crippen molar-refractivity contribution in [1.82, 2.24) is 19.9 Å². The van der Waals surface area contributed by atoms with Gasteiger partial charge in [0, 0.05) is 26.5 Å². The van der Waals surface area contributed by atoms with Crippen LogP contribution in [0.1, 0.15) is 15.4 Å². The number of rotatable bonds is 3. The zero-order chi connectivity index (χ0) is 15.4. The van der Waals surface area contributed by atoms with Crippen molar-refractivity contribution in [2.24, 2.45) is 0 Å². The van der Waals surface area contributed by atoms with E-state index in [2.05, 4.69) is 25.6 Å². The molecule has 0 aliphatic carbocycles. The van der Waals surface area contributed by atoms with Gasteiger partial charge in [-0.25, -0.2) is 14.8 Å². The van der Waals surface area contributed by atoms with Gasteiger partial charge in [0.05, 0.1) is 11.9 Å². The topological polar surface area (TPSA) is 100 Å². The smallest absolute Gasteiger partial charge is 0.326 e. The van der Waals surface area contributed by atoms with Gasteiger partial charge in [0.2, 0.25) is 0 Å². The van der Waals surface area contributed by atoms with Gasteiger partial charge >= 0.3 is 6.03 Å². The second kappa shape index (κ2) is 6.27. The van der Waals surface area contributed by atoms with Crippen molar-refractivity contribution >= 4 is 34.2 Å². The highest BCUT2D eigenvalue weighted by atomic mass is 32.1. The molecule has 2 aromatic rings. The maximum atomic E-state index is 11.9. The molecule has 0 bridgehead atoms. The van der Waals surface area contributed by atoms with Gasteiger partial charge in [-0.1, -0.05) is 11.3 Å². The summed E-state index contributed by atoms with van der Waals surface area (Å²) in [5.41, 5.74) is 0.577. The highest BCUT2D eigenvalue weighted by Crippen LogP contribution is 2.23. The molecule has 2 rings (SSSR count). The van der Waals surface area contributed by atoms with E-state index in [1.807, 2.05) is 0 Å². The largest absolute Gasteiger partial charge is 0.344 e. The molecule has 0 saturated carbocycles. The number of carbonyl (C=O) groups is 2. The number of nitrogens with zero attached hydrogens (tertiary/aromatic N) is 4. The van der Waals surface area contributed by atoms with E-state index in [1.165, 1.54) is 23.5 Å². The first-order valence-corrected chi connectivity index (χ1v) is 6.82. The molecule has 0 spiro atoms. The summed E-state index contributed by atoms with van der Waals surface area (Å²) < 4.78 is 0. The summed E-state index contributed by atoms with van der Waals surface area (Å²) in [6.45, 7) is 1.72. The lowest BCUT2D eigenvalue weighted by Gasteiger charge is -2.07. The van der Waals surface area contributed by atoms with E-state index in [0.717, 1.165) is 11.3 Å². The van der Waals surface area contributed by atoms with E-state index >= 15 is 0 Å². The second-order valence-electron chi connectivity index (χ2n) is 4.30. The van der Waals surface area contributed by atoms with Crippen LogP contribution in [-0.4, -0.2) is 45.9 Å². The molecule has 110 valence electrons. The van der Waals surface area contributed by atoms with Crippen LogP contribution >= 0.6 is 11.3 Å². The molecule has 9 heteroatoms. The van der Waals surface area contributed by atoms with Crippen molar-refractivity contribution in [3.8, 4) is 0 Å². The number of hydrogen-bond acceptors (Lipinski definition) is 6. The van der Waals surface area contributed by atoms with Crippen LogP contribution in [0.4, 0.5) is 15.7 Å². The van der Waals surface area contributed by atoms with Gasteiger partial charge in [0.15, 0.2) is 10.9 Å². The fraction of sp³-hybridized carbons (Fsp3) is 0.250. The monoisotopic (exact) mass is 306 g/mol. The number of urea groups is 1. The van der Waals surface area contributed by atoms with Crippen molar-refractivity contribution in [3.05, 3.63) is 29.2 Å². The lowest BCUT2D eigenvalue weighted by Crippen LogP contribution is -2.21. The summed E-state index contributed by atoms with van der Waals surface area (Å²) in [5.74, 6) is 0.181. The molecule has 0 unspecified atom stereocenters. The van der Waals surface area contributed by atoms with E-state index in [4.69, 9.17) is 0 Å². The van der Waals surface area contributed by atoms with E-state index in [-0.39, 0.29) is 5.91 Å². The van der Waals surface area contributed by atoms with Gasteiger partial charge < -0.3 is 4.90 Å². The molecule has 0 atom stereocenters. The highest BCUT2D eigenvalue weighted by molar-refractivity contribution is 7.17. The molecule has 2 aromatic heterocycles. The first-order chi connectivity index (χ1) is 9.97. The first kappa shape index (κ1) is 14.9. The number of nitrogens with one attached hydrogen (secondary N) is 2. The minimum atomic E-state index is -0.492. The zero-order valence-corrected chi connectivity index (χ0v) is 12.6. The number of aryl methyl sites for hydroxylation is 1. The average Bonchev–Trinajstić information content (AvgIpc) is 2.79. The van der Waals surface area contributed by atoms with Gasteiger partial charge in [-0.05, 0) is 6.92 Å². The fourth-order valence-electron chi connectivity index (χ4n) is 1.46. The van der Waals surface area contributed by atoms with Crippen LogP contribution in [-0.2, 0) is 0 Å². The molecule has 0 radical (unpaired) electrons. The molecule has 8 nitrogen and oxygen atoms in total. The Bertz CT molecular complexity index is 655. The lowest BCUT2D eigenvalue weighted by molar-refractivity contribution is 0.0831. The Morgan fingerprint density at radius 2 is 2.00 bits per heavy atom. The molecule has 0 saturated heterocycles. The van der Waals surface area contributed by atoms with E-state index in [9.17, 15) is 9.59 Å². The summed E-state index contributed by atoms with van der Waals surface area (Å²) in [6.07, 6.45) is 4.40. The second-order valence-corrected chi connectivity index (χ2v) is 5.30. The summed E-state index contributed by atoms with van der Waals surface area (Å²) in [5, 5.41) is 5.43. The van der Waals surface area contributed by atoms with Crippen LogP contribution in [0, 0.1) is 6.92 Å². The number of carbonyl (C=O) groups excluding carboxylic acids is 2.